The van der Waals surface area contributed by atoms with Crippen LogP contribution in [-0.2, 0) is 15.6 Å². The van der Waals surface area contributed by atoms with E-state index in [2.05, 4.69) is 5.32 Å². The average Bonchev–Trinajstić information content (AvgIpc) is 2.52. The van der Waals surface area contributed by atoms with Crippen LogP contribution >= 0.6 is 12.4 Å². The Morgan fingerprint density at radius 2 is 1.71 bits per heavy atom. The van der Waals surface area contributed by atoms with Gasteiger partial charge in [-0.3, -0.25) is 4.79 Å². The molecular weight excluding hydrogens is 362 g/mol. The largest absolute Gasteiger partial charge is 0.345 e. The molecule has 24 heavy (non-hydrogen) atoms. The van der Waals surface area contributed by atoms with E-state index in [1.54, 1.807) is 0 Å². The Morgan fingerprint density at radius 3 is 2.08 bits per heavy atom. The molecule has 0 aromatic heterocycles. The highest BCUT2D eigenvalue weighted by atomic mass is 35.5. The third kappa shape index (κ3) is 5.68. The standard InChI is InChI=1S/C15H22F2N2O3S.ClH/c1-3-15(4-2,10-18)19-13(20)12-7-5-11(6-8-12)9-23(21,22)14(16)17;/h5-8,14H,3-4,9-10,18H2,1-2H3,(H,19,20);1H. The van der Waals surface area contributed by atoms with Gasteiger partial charge < -0.3 is 11.1 Å². The van der Waals surface area contributed by atoms with Crippen molar-refractivity contribution in [1.82, 2.24) is 5.32 Å². The number of rotatable bonds is 8. The van der Waals surface area contributed by atoms with E-state index in [4.69, 9.17) is 5.73 Å². The summed E-state index contributed by atoms with van der Waals surface area (Å²) in [5.41, 5.74) is 5.76. The number of hydrogen-bond donors (Lipinski definition) is 2. The van der Waals surface area contributed by atoms with Gasteiger partial charge in [0.2, 0.25) is 9.84 Å². The average molecular weight is 385 g/mol. The lowest BCUT2D eigenvalue weighted by Crippen LogP contribution is -2.52. The summed E-state index contributed by atoms with van der Waals surface area (Å²) in [5.74, 6) is -4.50. The van der Waals surface area contributed by atoms with Crippen molar-refractivity contribution in [2.45, 2.75) is 43.7 Å². The number of carbonyl (C=O) groups is 1. The minimum absolute atomic E-state index is 0. The Labute approximate surface area is 147 Å². The van der Waals surface area contributed by atoms with E-state index >= 15 is 0 Å². The number of alkyl halides is 2. The smallest absolute Gasteiger partial charge is 0.337 e. The van der Waals surface area contributed by atoms with Crippen molar-refractivity contribution < 1.29 is 22.0 Å². The van der Waals surface area contributed by atoms with E-state index in [1.807, 2.05) is 13.8 Å². The van der Waals surface area contributed by atoms with Crippen LogP contribution in [0.15, 0.2) is 24.3 Å². The topological polar surface area (TPSA) is 89.3 Å². The molecule has 0 spiro atoms. The van der Waals surface area contributed by atoms with Crippen molar-refractivity contribution >= 4 is 28.2 Å². The summed E-state index contributed by atoms with van der Waals surface area (Å²) >= 11 is 0. The Hall–Kier alpha value is -1.25. The summed E-state index contributed by atoms with van der Waals surface area (Å²) in [4.78, 5) is 12.2. The second-order valence-corrected chi connectivity index (χ2v) is 7.38. The normalized spacial score (nSPS) is 11.9. The summed E-state index contributed by atoms with van der Waals surface area (Å²) in [6.07, 6.45) is 1.35. The molecule has 0 aliphatic heterocycles. The first-order valence-corrected chi connectivity index (χ1v) is 9.02. The molecular formula is C15H23ClF2N2O3S. The van der Waals surface area contributed by atoms with Gasteiger partial charge in [-0.05, 0) is 30.5 Å². The number of hydrogen-bond acceptors (Lipinski definition) is 4. The molecule has 1 amide bonds. The van der Waals surface area contributed by atoms with Gasteiger partial charge >= 0.3 is 5.76 Å². The van der Waals surface area contributed by atoms with E-state index in [9.17, 15) is 22.0 Å². The first kappa shape index (κ1) is 22.8. The van der Waals surface area contributed by atoms with E-state index in [0.29, 0.717) is 24.9 Å². The van der Waals surface area contributed by atoms with Gasteiger partial charge in [0.25, 0.3) is 5.91 Å². The molecule has 1 aromatic carbocycles. The molecule has 9 heteroatoms. The molecule has 138 valence electrons. The molecule has 0 atom stereocenters. The zero-order chi connectivity index (χ0) is 17.7. The molecule has 1 rings (SSSR count). The number of halogens is 3. The van der Waals surface area contributed by atoms with Crippen LogP contribution in [0.25, 0.3) is 0 Å². The van der Waals surface area contributed by atoms with Crippen molar-refractivity contribution in [3.63, 3.8) is 0 Å². The molecule has 0 unspecified atom stereocenters. The molecule has 0 fully saturated rings. The molecule has 0 heterocycles. The van der Waals surface area contributed by atoms with Crippen molar-refractivity contribution in [2.75, 3.05) is 6.54 Å². The van der Waals surface area contributed by atoms with Crippen LogP contribution in [-0.4, -0.2) is 32.2 Å². The molecule has 0 aliphatic carbocycles. The Bertz CT molecular complexity index is 624. The Kier molecular flexibility index (Phi) is 8.81. The maximum Gasteiger partial charge on any atom is 0.337 e. The summed E-state index contributed by atoms with van der Waals surface area (Å²) in [5, 5.41) is 2.88. The monoisotopic (exact) mass is 384 g/mol. The Morgan fingerprint density at radius 1 is 1.21 bits per heavy atom. The molecule has 0 saturated carbocycles. The fourth-order valence-electron chi connectivity index (χ4n) is 2.13. The minimum Gasteiger partial charge on any atom is -0.345 e. The molecule has 0 radical (unpaired) electrons. The van der Waals surface area contributed by atoms with Gasteiger partial charge in [0.15, 0.2) is 0 Å². The van der Waals surface area contributed by atoms with E-state index in [1.165, 1.54) is 24.3 Å². The lowest BCUT2D eigenvalue weighted by molar-refractivity contribution is 0.0895. The lowest BCUT2D eigenvalue weighted by Gasteiger charge is -2.31. The second kappa shape index (κ2) is 9.29. The first-order chi connectivity index (χ1) is 10.7. The minimum atomic E-state index is -4.48. The number of nitrogens with one attached hydrogen (secondary N) is 1. The number of carbonyl (C=O) groups excluding carboxylic acids is 1. The van der Waals surface area contributed by atoms with Gasteiger partial charge in [0.05, 0.1) is 11.3 Å². The molecule has 0 saturated heterocycles. The predicted molar refractivity (Wildman–Crippen MR) is 92.2 cm³/mol. The summed E-state index contributed by atoms with van der Waals surface area (Å²) < 4.78 is 47.0. The van der Waals surface area contributed by atoms with E-state index in [-0.39, 0.29) is 23.9 Å². The molecule has 1 aromatic rings. The van der Waals surface area contributed by atoms with Crippen LogP contribution in [0.5, 0.6) is 0 Å². The van der Waals surface area contributed by atoms with Crippen molar-refractivity contribution in [3.05, 3.63) is 35.4 Å². The quantitative estimate of drug-likeness (QED) is 0.720. The van der Waals surface area contributed by atoms with Crippen LogP contribution in [0.3, 0.4) is 0 Å². The highest BCUT2D eigenvalue weighted by Gasteiger charge is 2.27. The van der Waals surface area contributed by atoms with Gasteiger partial charge in [-0.25, -0.2) is 8.42 Å². The third-order valence-electron chi connectivity index (χ3n) is 3.98. The molecule has 5 nitrogen and oxygen atoms in total. The second-order valence-electron chi connectivity index (χ2n) is 5.41. The molecule has 0 aliphatic rings. The SMILES string of the molecule is CCC(CC)(CN)NC(=O)c1ccc(CS(=O)(=O)C(F)F)cc1.Cl. The van der Waals surface area contributed by atoms with E-state index < -0.39 is 26.9 Å². The van der Waals surface area contributed by atoms with Crippen LogP contribution in [0.1, 0.15) is 42.6 Å². The van der Waals surface area contributed by atoms with Gasteiger partial charge in [-0.2, -0.15) is 8.78 Å². The van der Waals surface area contributed by atoms with Crippen molar-refractivity contribution in [1.29, 1.82) is 0 Å². The van der Waals surface area contributed by atoms with Crippen LogP contribution in [0.4, 0.5) is 8.78 Å². The van der Waals surface area contributed by atoms with Crippen molar-refractivity contribution in [3.8, 4) is 0 Å². The number of amides is 1. The van der Waals surface area contributed by atoms with Crippen LogP contribution in [0.2, 0.25) is 0 Å². The van der Waals surface area contributed by atoms with E-state index in [0.717, 1.165) is 0 Å². The summed E-state index contributed by atoms with van der Waals surface area (Å²) in [6.45, 7) is 4.15. The van der Waals surface area contributed by atoms with Crippen LogP contribution in [0, 0.1) is 0 Å². The maximum atomic E-state index is 12.3. The van der Waals surface area contributed by atoms with Crippen molar-refractivity contribution in [2.24, 2.45) is 5.73 Å². The summed E-state index contributed by atoms with van der Waals surface area (Å²) in [7, 11) is -4.48. The maximum absolute atomic E-state index is 12.3. The zero-order valence-electron chi connectivity index (χ0n) is 13.6. The fourth-order valence-corrected chi connectivity index (χ4v) is 2.91. The zero-order valence-corrected chi connectivity index (χ0v) is 15.2. The van der Waals surface area contributed by atoms with Gasteiger partial charge in [-0.15, -0.1) is 12.4 Å². The number of nitrogens with two attached hydrogens (primary N) is 1. The first-order valence-electron chi connectivity index (χ1n) is 7.31. The number of sulfone groups is 1. The molecule has 0 bridgehead atoms. The highest BCUT2D eigenvalue weighted by molar-refractivity contribution is 7.90. The Balaban J connectivity index is 0.00000529. The predicted octanol–water partition coefficient (Wildman–Crippen LogP) is 2.49. The lowest BCUT2D eigenvalue weighted by atomic mass is 9.92. The summed E-state index contributed by atoms with van der Waals surface area (Å²) in [6, 6.07) is 5.55. The van der Waals surface area contributed by atoms with Gasteiger partial charge in [0.1, 0.15) is 0 Å². The number of benzene rings is 1. The van der Waals surface area contributed by atoms with Gasteiger partial charge in [-0.1, -0.05) is 26.0 Å². The fraction of sp³-hybridized carbons (Fsp3) is 0.533. The molecule has 3 N–H and O–H groups in total. The highest BCUT2D eigenvalue weighted by Crippen LogP contribution is 2.17. The van der Waals surface area contributed by atoms with Gasteiger partial charge in [0, 0.05) is 12.1 Å². The third-order valence-corrected chi connectivity index (χ3v) is 5.26. The van der Waals surface area contributed by atoms with Crippen LogP contribution < -0.4 is 11.1 Å².